The van der Waals surface area contributed by atoms with Crippen LogP contribution in [0.1, 0.15) is 39.1 Å². The van der Waals surface area contributed by atoms with Gasteiger partial charge in [0.2, 0.25) is 0 Å². The maximum atomic E-state index is 13.8. The van der Waals surface area contributed by atoms with E-state index in [0.29, 0.717) is 4.57 Å². The van der Waals surface area contributed by atoms with Crippen molar-refractivity contribution in [3.05, 3.63) is 22.4 Å². The van der Waals surface area contributed by atoms with Gasteiger partial charge in [-0.25, -0.2) is 9.78 Å². The molecule has 0 unspecified atom stereocenters. The summed E-state index contributed by atoms with van der Waals surface area (Å²) in [4.78, 5) is 27.4. The van der Waals surface area contributed by atoms with Gasteiger partial charge in [-0.2, -0.15) is 8.78 Å². The van der Waals surface area contributed by atoms with Gasteiger partial charge in [-0.3, -0.25) is 9.36 Å². The van der Waals surface area contributed by atoms with Crippen LogP contribution in [0.3, 0.4) is 0 Å². The van der Waals surface area contributed by atoms with Gasteiger partial charge < -0.3 is 10.5 Å². The maximum absolute atomic E-state index is 13.8. The molecule has 20 heavy (non-hydrogen) atoms. The highest BCUT2D eigenvalue weighted by atomic mass is 19.3. The topological polar surface area (TPSA) is 87.2 Å². The normalized spacial score (nSPS) is 20.6. The number of halogens is 2. The third kappa shape index (κ3) is 2.37. The molecule has 1 aromatic heterocycles. The van der Waals surface area contributed by atoms with E-state index in [1.807, 2.05) is 0 Å². The third-order valence-corrected chi connectivity index (χ3v) is 2.79. The van der Waals surface area contributed by atoms with Crippen molar-refractivity contribution in [2.24, 2.45) is 0 Å². The highest BCUT2D eigenvalue weighted by Gasteiger charge is 2.51. The van der Waals surface area contributed by atoms with Crippen molar-refractivity contribution in [3.63, 3.8) is 0 Å². The Morgan fingerprint density at radius 1 is 1.55 bits per heavy atom. The van der Waals surface area contributed by atoms with E-state index >= 15 is 0 Å². The van der Waals surface area contributed by atoms with Crippen molar-refractivity contribution >= 4 is 11.7 Å². The minimum absolute atomic E-state index is 0.292. The predicted octanol–water partition coefficient (Wildman–Crippen LogP) is 1.20. The number of anilines is 1. The number of aromatic nitrogens is 2. The second-order valence-electron chi connectivity index (χ2n) is 5.67. The molecule has 0 bridgehead atoms. The fraction of sp³-hybridized carbons (Fsp3) is 0.583. The fourth-order valence-corrected chi connectivity index (χ4v) is 2.03. The van der Waals surface area contributed by atoms with Crippen LogP contribution in [0, 0.1) is 0 Å². The van der Waals surface area contributed by atoms with Crippen LogP contribution in [-0.2, 0) is 15.5 Å². The number of hydrogen-bond acceptors (Lipinski definition) is 5. The number of nitrogens with zero attached hydrogens (tertiary/aromatic N) is 2. The van der Waals surface area contributed by atoms with Crippen LogP contribution >= 0.6 is 0 Å². The third-order valence-electron chi connectivity index (χ3n) is 2.79. The Morgan fingerprint density at radius 2 is 2.15 bits per heavy atom. The van der Waals surface area contributed by atoms with Gasteiger partial charge in [0.05, 0.1) is 12.6 Å². The van der Waals surface area contributed by atoms with Crippen LogP contribution < -0.4 is 11.3 Å². The summed E-state index contributed by atoms with van der Waals surface area (Å²) in [6.45, 7) is 4.83. The summed E-state index contributed by atoms with van der Waals surface area (Å²) in [7, 11) is 0. The first-order chi connectivity index (χ1) is 9.03. The number of carbonyl (C=O) groups excluding carboxylic acids is 1. The zero-order chi connectivity index (χ0) is 15.3. The van der Waals surface area contributed by atoms with Gasteiger partial charge in [0.25, 0.3) is 5.56 Å². The van der Waals surface area contributed by atoms with Crippen LogP contribution in [0.2, 0.25) is 0 Å². The number of carbonyl (C=O) groups is 1. The van der Waals surface area contributed by atoms with Crippen LogP contribution in [0.5, 0.6) is 0 Å². The molecular formula is C12H15F2N3O3. The van der Waals surface area contributed by atoms with E-state index in [0.717, 1.165) is 6.20 Å². The van der Waals surface area contributed by atoms with Crippen LogP contribution in [-0.4, -0.2) is 21.1 Å². The summed E-state index contributed by atoms with van der Waals surface area (Å²) < 4.78 is 33.3. The van der Waals surface area contributed by atoms with Gasteiger partial charge in [-0.15, -0.1) is 0 Å². The van der Waals surface area contributed by atoms with Crippen molar-refractivity contribution in [1.82, 2.24) is 9.55 Å². The minimum Gasteiger partial charge on any atom is -0.458 e. The lowest BCUT2D eigenvalue weighted by Crippen LogP contribution is -2.34. The van der Waals surface area contributed by atoms with Gasteiger partial charge in [-0.05, 0) is 20.8 Å². The predicted molar refractivity (Wildman–Crippen MR) is 66.3 cm³/mol. The smallest absolute Gasteiger partial charge is 0.330 e. The van der Waals surface area contributed by atoms with Crippen LogP contribution in [0.15, 0.2) is 11.0 Å². The first-order valence-electron chi connectivity index (χ1n) is 6.01. The quantitative estimate of drug-likeness (QED) is 0.784. The number of ether oxygens (including phenoxy) is 1. The van der Waals surface area contributed by atoms with Crippen LogP contribution in [0.4, 0.5) is 14.5 Å². The molecule has 1 atom stereocenters. The van der Waals surface area contributed by atoms with E-state index in [4.69, 9.17) is 10.5 Å². The number of rotatable bonds is 1. The lowest BCUT2D eigenvalue weighted by Gasteiger charge is -2.22. The molecule has 1 aromatic rings. The van der Waals surface area contributed by atoms with Gasteiger partial charge in [0.15, 0.2) is 5.82 Å². The van der Waals surface area contributed by atoms with Gasteiger partial charge in [-0.1, -0.05) is 0 Å². The number of alkyl halides is 2. The molecule has 0 spiro atoms. The zero-order valence-electron chi connectivity index (χ0n) is 11.3. The number of nitrogens with two attached hydrogens (primary N) is 1. The summed E-state index contributed by atoms with van der Waals surface area (Å²) in [6, 6.07) is -1.41. The molecule has 6 nitrogen and oxygen atoms in total. The Bertz CT molecular complexity index is 619. The molecule has 110 valence electrons. The SMILES string of the molecule is CC(C)(C)OC(=O)[C@@H]1CC(F)(F)c2ncc(N)c(=O)n21. The fourth-order valence-electron chi connectivity index (χ4n) is 2.03. The molecule has 2 heterocycles. The monoisotopic (exact) mass is 287 g/mol. The Balaban J connectivity index is 2.49. The summed E-state index contributed by atoms with van der Waals surface area (Å²) >= 11 is 0. The molecule has 0 saturated heterocycles. The molecule has 2 N–H and O–H groups in total. The largest absolute Gasteiger partial charge is 0.458 e. The average molecular weight is 287 g/mol. The van der Waals surface area contributed by atoms with Crippen molar-refractivity contribution in [2.75, 3.05) is 5.73 Å². The molecule has 0 fully saturated rings. The lowest BCUT2D eigenvalue weighted by atomic mass is 10.1. The van der Waals surface area contributed by atoms with Gasteiger partial charge in [0.1, 0.15) is 17.3 Å². The summed E-state index contributed by atoms with van der Waals surface area (Å²) in [5.41, 5.74) is 3.39. The Labute approximate surface area is 113 Å². The zero-order valence-corrected chi connectivity index (χ0v) is 11.3. The Morgan fingerprint density at radius 3 is 2.70 bits per heavy atom. The molecule has 1 aliphatic rings. The van der Waals surface area contributed by atoms with Crippen molar-refractivity contribution in [1.29, 1.82) is 0 Å². The van der Waals surface area contributed by atoms with Crippen LogP contribution in [0.25, 0.3) is 0 Å². The van der Waals surface area contributed by atoms with Crippen molar-refractivity contribution < 1.29 is 18.3 Å². The lowest BCUT2D eigenvalue weighted by molar-refractivity contribution is -0.160. The molecule has 1 aliphatic heterocycles. The summed E-state index contributed by atoms with van der Waals surface area (Å²) in [5.74, 6) is -5.02. The minimum atomic E-state index is -3.37. The van der Waals surface area contributed by atoms with E-state index < -0.39 is 41.3 Å². The van der Waals surface area contributed by atoms with E-state index in [2.05, 4.69) is 4.98 Å². The maximum Gasteiger partial charge on any atom is 0.330 e. The van der Waals surface area contributed by atoms with E-state index in [1.54, 1.807) is 20.8 Å². The van der Waals surface area contributed by atoms with Gasteiger partial charge >= 0.3 is 11.9 Å². The Hall–Kier alpha value is -1.99. The number of nitrogen functional groups attached to an aromatic ring is 1. The summed E-state index contributed by atoms with van der Waals surface area (Å²) in [6.07, 6.45) is 0.0210. The molecular weight excluding hydrogens is 272 g/mol. The molecule has 0 aliphatic carbocycles. The van der Waals surface area contributed by atoms with Crippen molar-refractivity contribution in [2.45, 2.75) is 44.8 Å². The standard InChI is InChI=1S/C12H15F2N3O3/c1-11(2,3)20-9(19)7-4-12(13,14)10-16-5-6(15)8(18)17(7)10/h5,7H,4,15H2,1-3H3/t7-/m0/s1. The van der Waals surface area contributed by atoms with E-state index in [9.17, 15) is 18.4 Å². The number of fused-ring (bicyclic) bond motifs is 1. The first-order valence-corrected chi connectivity index (χ1v) is 6.01. The van der Waals surface area contributed by atoms with Crippen molar-refractivity contribution in [3.8, 4) is 0 Å². The first kappa shape index (κ1) is 14.4. The molecule has 8 heteroatoms. The van der Waals surface area contributed by atoms with Gasteiger partial charge in [0, 0.05) is 0 Å². The van der Waals surface area contributed by atoms with E-state index in [-0.39, 0.29) is 5.69 Å². The number of esters is 1. The molecule has 2 rings (SSSR count). The molecule has 0 radical (unpaired) electrons. The number of hydrogen-bond donors (Lipinski definition) is 1. The second kappa shape index (κ2) is 4.26. The molecule has 0 aromatic carbocycles. The molecule has 0 amide bonds. The highest BCUT2D eigenvalue weighted by Crippen LogP contribution is 2.42. The second-order valence-corrected chi connectivity index (χ2v) is 5.67. The Kier molecular flexibility index (Phi) is 3.07. The average Bonchev–Trinajstić information content (AvgIpc) is 2.54. The van der Waals surface area contributed by atoms with E-state index in [1.165, 1.54) is 0 Å². The highest BCUT2D eigenvalue weighted by molar-refractivity contribution is 5.75. The summed E-state index contributed by atoms with van der Waals surface area (Å²) in [5, 5.41) is 0. The molecule has 0 saturated carbocycles.